The number of nitrogens with zero attached hydrogens (tertiary/aromatic N) is 2. The molecule has 1 aliphatic heterocycles. The number of benzene rings is 1. The Bertz CT molecular complexity index is 696. The van der Waals surface area contributed by atoms with Crippen molar-refractivity contribution in [1.29, 1.82) is 0 Å². The summed E-state index contributed by atoms with van der Waals surface area (Å²) in [4.78, 5) is 12.9. The summed E-state index contributed by atoms with van der Waals surface area (Å²) in [6, 6.07) is 11.4. The summed E-state index contributed by atoms with van der Waals surface area (Å²) in [5.41, 5.74) is 3.33. The second-order valence-corrected chi connectivity index (χ2v) is 7.34. The quantitative estimate of drug-likeness (QED) is 0.633. The molecule has 0 atom stereocenters. The third-order valence-electron chi connectivity index (χ3n) is 3.22. The fourth-order valence-electron chi connectivity index (χ4n) is 2.30. The minimum Gasteiger partial charge on any atom is -0.287 e. The number of carbonyl (C=O) groups excluding carboxylic acids is 1. The summed E-state index contributed by atoms with van der Waals surface area (Å²) >= 11 is 3.49. The van der Waals surface area contributed by atoms with Gasteiger partial charge in [0.15, 0.2) is 0 Å². The maximum absolute atomic E-state index is 12.9. The molecule has 0 spiro atoms. The molecular formula is C16H16N2OS2. The van der Waals surface area contributed by atoms with E-state index in [2.05, 4.69) is 5.10 Å². The Balaban J connectivity index is 2.12. The van der Waals surface area contributed by atoms with Crippen molar-refractivity contribution < 1.29 is 4.79 Å². The number of thioether (sulfide) groups is 2. The van der Waals surface area contributed by atoms with Crippen molar-refractivity contribution in [2.75, 3.05) is 11.5 Å². The zero-order valence-corrected chi connectivity index (χ0v) is 13.6. The number of hydrogen-bond acceptors (Lipinski definition) is 4. The minimum absolute atomic E-state index is 0.0405. The molecule has 0 N–H and O–H groups in total. The van der Waals surface area contributed by atoms with E-state index in [0.29, 0.717) is 11.3 Å². The Morgan fingerprint density at radius 1 is 1.14 bits per heavy atom. The number of carbonyl (C=O) groups is 1. The van der Waals surface area contributed by atoms with E-state index >= 15 is 0 Å². The maximum Gasteiger partial charge on any atom is 0.213 e. The number of Topliss-reactive ketones (excluding diaryl/α,β-unsaturated/α-hetero) is 1. The van der Waals surface area contributed by atoms with Crippen molar-refractivity contribution in [3.8, 4) is 0 Å². The minimum atomic E-state index is 0.0405. The molecule has 0 amide bonds. The van der Waals surface area contributed by atoms with Crippen LogP contribution in [0, 0.1) is 13.8 Å². The summed E-state index contributed by atoms with van der Waals surface area (Å²) in [7, 11) is 0. The van der Waals surface area contributed by atoms with E-state index in [9.17, 15) is 4.79 Å². The molecule has 0 unspecified atom stereocenters. The van der Waals surface area contributed by atoms with Crippen LogP contribution in [0.3, 0.4) is 0 Å². The van der Waals surface area contributed by atoms with Gasteiger partial charge in [0.05, 0.1) is 9.93 Å². The maximum atomic E-state index is 12.9. The lowest BCUT2D eigenvalue weighted by Crippen LogP contribution is -2.13. The van der Waals surface area contributed by atoms with Crippen LogP contribution in [0.25, 0.3) is 5.70 Å². The Kier molecular flexibility index (Phi) is 4.22. The first-order valence-electron chi connectivity index (χ1n) is 6.80. The molecule has 2 heterocycles. The Morgan fingerprint density at radius 2 is 1.81 bits per heavy atom. The zero-order valence-electron chi connectivity index (χ0n) is 12.0. The number of ketones is 1. The van der Waals surface area contributed by atoms with Gasteiger partial charge in [-0.3, -0.25) is 4.79 Å². The Morgan fingerprint density at radius 3 is 2.38 bits per heavy atom. The van der Waals surface area contributed by atoms with Gasteiger partial charge in [0, 0.05) is 22.8 Å². The van der Waals surface area contributed by atoms with Crippen LogP contribution in [-0.4, -0.2) is 27.1 Å². The Hall–Kier alpha value is -1.46. The van der Waals surface area contributed by atoms with Crippen LogP contribution in [0.2, 0.25) is 0 Å². The number of aryl methyl sites for hydroxylation is 2. The van der Waals surface area contributed by atoms with Gasteiger partial charge in [-0.15, -0.1) is 23.5 Å². The average molecular weight is 316 g/mol. The van der Waals surface area contributed by atoms with Crippen molar-refractivity contribution in [3.05, 3.63) is 57.6 Å². The molecule has 2 aromatic rings. The molecule has 1 aliphatic rings. The summed E-state index contributed by atoms with van der Waals surface area (Å²) in [5.74, 6) is 2.13. The lowest BCUT2D eigenvalue weighted by atomic mass is 10.1. The van der Waals surface area contributed by atoms with E-state index in [1.165, 1.54) is 0 Å². The number of rotatable bonds is 3. The van der Waals surface area contributed by atoms with Crippen LogP contribution in [0.15, 0.2) is 40.6 Å². The summed E-state index contributed by atoms with van der Waals surface area (Å²) in [5, 5.41) is 4.51. The van der Waals surface area contributed by atoms with Crippen LogP contribution >= 0.6 is 23.5 Å². The predicted octanol–water partition coefficient (Wildman–Crippen LogP) is 3.99. The largest absolute Gasteiger partial charge is 0.287 e. The van der Waals surface area contributed by atoms with E-state index < -0.39 is 0 Å². The van der Waals surface area contributed by atoms with Crippen LogP contribution in [0.1, 0.15) is 21.7 Å². The van der Waals surface area contributed by atoms with Gasteiger partial charge in [0.25, 0.3) is 0 Å². The molecule has 1 aromatic heterocycles. The van der Waals surface area contributed by atoms with Crippen molar-refractivity contribution in [2.24, 2.45) is 0 Å². The fraction of sp³-hybridized carbons (Fsp3) is 0.250. The smallest absolute Gasteiger partial charge is 0.213 e. The predicted molar refractivity (Wildman–Crippen MR) is 90.6 cm³/mol. The highest BCUT2D eigenvalue weighted by molar-refractivity contribution is 8.25. The highest BCUT2D eigenvalue weighted by Gasteiger charge is 2.24. The van der Waals surface area contributed by atoms with Crippen LogP contribution in [-0.2, 0) is 0 Å². The molecule has 0 saturated carbocycles. The number of aromatic nitrogens is 2. The van der Waals surface area contributed by atoms with Crippen LogP contribution in [0.4, 0.5) is 0 Å². The topological polar surface area (TPSA) is 34.9 Å². The molecule has 0 aliphatic carbocycles. The standard InChI is InChI=1S/C16H16N2OS2/c1-11-10-12(2)18(17-11)14(16-20-8-9-21-16)15(19)13-6-4-3-5-7-13/h3-7,10H,8-9H2,1-2H3. The van der Waals surface area contributed by atoms with Gasteiger partial charge in [0.2, 0.25) is 5.78 Å². The molecule has 3 nitrogen and oxygen atoms in total. The molecule has 0 bridgehead atoms. The second kappa shape index (κ2) is 6.12. The van der Waals surface area contributed by atoms with E-state index in [1.54, 1.807) is 28.2 Å². The van der Waals surface area contributed by atoms with Crippen LogP contribution in [0.5, 0.6) is 0 Å². The normalized spacial score (nSPS) is 14.5. The lowest BCUT2D eigenvalue weighted by molar-refractivity contribution is 0.105. The summed E-state index contributed by atoms with van der Waals surface area (Å²) in [6.07, 6.45) is 0. The van der Waals surface area contributed by atoms with Gasteiger partial charge in [-0.2, -0.15) is 5.10 Å². The molecule has 1 saturated heterocycles. The molecule has 0 radical (unpaired) electrons. The first-order chi connectivity index (χ1) is 10.2. The lowest BCUT2D eigenvalue weighted by Gasteiger charge is -2.12. The highest BCUT2D eigenvalue weighted by atomic mass is 32.2. The van der Waals surface area contributed by atoms with E-state index in [1.807, 2.05) is 50.2 Å². The van der Waals surface area contributed by atoms with Gasteiger partial charge in [-0.1, -0.05) is 30.3 Å². The molecule has 21 heavy (non-hydrogen) atoms. The molecule has 3 rings (SSSR count). The summed E-state index contributed by atoms with van der Waals surface area (Å²) in [6.45, 7) is 3.94. The molecule has 1 aromatic carbocycles. The van der Waals surface area contributed by atoms with Crippen molar-refractivity contribution in [1.82, 2.24) is 9.78 Å². The molecule has 108 valence electrons. The monoisotopic (exact) mass is 316 g/mol. The van der Waals surface area contributed by atoms with Crippen LogP contribution < -0.4 is 0 Å². The first-order valence-corrected chi connectivity index (χ1v) is 8.77. The van der Waals surface area contributed by atoms with Gasteiger partial charge >= 0.3 is 0 Å². The van der Waals surface area contributed by atoms with E-state index in [0.717, 1.165) is 27.1 Å². The second-order valence-electron chi connectivity index (χ2n) is 4.87. The molecular weight excluding hydrogens is 300 g/mol. The van der Waals surface area contributed by atoms with E-state index in [-0.39, 0.29) is 5.78 Å². The number of allylic oxidation sites excluding steroid dienone is 1. The SMILES string of the molecule is Cc1cc(C)n(C(C(=O)c2ccccc2)=C2SCCS2)n1. The van der Waals surface area contributed by atoms with Crippen molar-refractivity contribution >= 4 is 35.0 Å². The third kappa shape index (κ3) is 2.94. The average Bonchev–Trinajstić information content (AvgIpc) is 3.11. The summed E-state index contributed by atoms with van der Waals surface area (Å²) < 4.78 is 2.88. The third-order valence-corrected chi connectivity index (χ3v) is 5.91. The van der Waals surface area contributed by atoms with Gasteiger partial charge in [-0.05, 0) is 19.9 Å². The first kappa shape index (κ1) is 14.5. The van der Waals surface area contributed by atoms with Gasteiger partial charge < -0.3 is 0 Å². The van der Waals surface area contributed by atoms with Gasteiger partial charge in [0.1, 0.15) is 5.70 Å². The fourth-order valence-corrected chi connectivity index (χ4v) is 4.81. The van der Waals surface area contributed by atoms with Gasteiger partial charge in [-0.25, -0.2) is 4.68 Å². The Labute approximate surface area is 132 Å². The van der Waals surface area contributed by atoms with Crippen molar-refractivity contribution in [3.63, 3.8) is 0 Å². The zero-order chi connectivity index (χ0) is 14.8. The molecule has 1 fully saturated rings. The highest BCUT2D eigenvalue weighted by Crippen LogP contribution is 2.41. The van der Waals surface area contributed by atoms with E-state index in [4.69, 9.17) is 0 Å². The molecule has 5 heteroatoms. The number of hydrogen-bond donors (Lipinski definition) is 0. The van der Waals surface area contributed by atoms with Crippen molar-refractivity contribution in [2.45, 2.75) is 13.8 Å².